The second-order valence-electron chi connectivity index (χ2n) is 7.22. The van der Waals surface area contributed by atoms with Crippen molar-refractivity contribution in [2.45, 2.75) is 45.3 Å². The molecule has 1 aromatic heterocycles. The van der Waals surface area contributed by atoms with Crippen LogP contribution in [0.15, 0.2) is 46.0 Å². The number of ether oxygens (including phenoxy) is 1. The Bertz CT molecular complexity index is 996. The van der Waals surface area contributed by atoms with Gasteiger partial charge in [0.05, 0.1) is 12.9 Å². The number of hydrogen-bond acceptors (Lipinski definition) is 6. The fraction of sp³-hybridized carbons (Fsp3) is 0.348. The standard InChI is InChI=1S/C23H27N3O3S/c1-15-7-5-8-16(2)22(15)24-20(27)14-30-23-26-25-21(29-23)10-6-9-18-11-12-19(28-4)17(3)13-18/h5,7-8,11-13H,6,9-10,14H2,1-4H3,(H,24,27). The van der Waals surface area contributed by atoms with Gasteiger partial charge in [-0.05, 0) is 61.9 Å². The number of anilines is 1. The molecular weight excluding hydrogens is 398 g/mol. The van der Waals surface area contributed by atoms with E-state index in [1.807, 2.05) is 45.0 Å². The molecule has 0 fully saturated rings. The van der Waals surface area contributed by atoms with Crippen LogP contribution in [0.3, 0.4) is 0 Å². The molecule has 7 heteroatoms. The molecule has 0 spiro atoms. The van der Waals surface area contributed by atoms with E-state index in [1.165, 1.54) is 17.3 Å². The summed E-state index contributed by atoms with van der Waals surface area (Å²) < 4.78 is 11.0. The number of para-hydroxylation sites is 1. The lowest BCUT2D eigenvalue weighted by molar-refractivity contribution is -0.113. The monoisotopic (exact) mass is 425 g/mol. The normalized spacial score (nSPS) is 10.8. The number of carbonyl (C=O) groups is 1. The first-order valence-corrected chi connectivity index (χ1v) is 10.9. The minimum atomic E-state index is -0.0907. The van der Waals surface area contributed by atoms with Crippen molar-refractivity contribution in [3.05, 3.63) is 64.5 Å². The first-order valence-electron chi connectivity index (χ1n) is 9.91. The number of benzene rings is 2. The third-order valence-corrected chi connectivity index (χ3v) is 5.65. The van der Waals surface area contributed by atoms with E-state index < -0.39 is 0 Å². The summed E-state index contributed by atoms with van der Waals surface area (Å²) in [5.41, 5.74) is 5.33. The van der Waals surface area contributed by atoms with Crippen molar-refractivity contribution in [1.29, 1.82) is 0 Å². The van der Waals surface area contributed by atoms with Gasteiger partial charge in [0.2, 0.25) is 11.8 Å². The Morgan fingerprint density at radius 1 is 1.07 bits per heavy atom. The number of rotatable bonds is 9. The van der Waals surface area contributed by atoms with E-state index in [4.69, 9.17) is 9.15 Å². The van der Waals surface area contributed by atoms with Crippen LogP contribution >= 0.6 is 11.8 Å². The van der Waals surface area contributed by atoms with E-state index in [1.54, 1.807) is 7.11 Å². The number of hydrogen-bond donors (Lipinski definition) is 1. The Kier molecular flexibility index (Phi) is 7.52. The van der Waals surface area contributed by atoms with Crippen molar-refractivity contribution in [2.75, 3.05) is 18.2 Å². The summed E-state index contributed by atoms with van der Waals surface area (Å²) in [6.45, 7) is 6.00. The van der Waals surface area contributed by atoms with Gasteiger partial charge in [-0.3, -0.25) is 4.79 Å². The van der Waals surface area contributed by atoms with Crippen LogP contribution in [-0.2, 0) is 17.6 Å². The van der Waals surface area contributed by atoms with Gasteiger partial charge in [0.25, 0.3) is 5.22 Å². The summed E-state index contributed by atoms with van der Waals surface area (Å²) in [5.74, 6) is 1.63. The van der Waals surface area contributed by atoms with Crippen molar-refractivity contribution < 1.29 is 13.9 Å². The minimum absolute atomic E-state index is 0.0907. The maximum atomic E-state index is 12.3. The van der Waals surface area contributed by atoms with Crippen molar-refractivity contribution in [3.8, 4) is 5.75 Å². The highest BCUT2D eigenvalue weighted by molar-refractivity contribution is 7.99. The van der Waals surface area contributed by atoms with Crippen molar-refractivity contribution >= 4 is 23.4 Å². The molecule has 0 unspecified atom stereocenters. The molecule has 0 aliphatic heterocycles. The molecule has 3 rings (SSSR count). The van der Waals surface area contributed by atoms with Gasteiger partial charge >= 0.3 is 0 Å². The van der Waals surface area contributed by atoms with Crippen LogP contribution < -0.4 is 10.1 Å². The number of thioether (sulfide) groups is 1. The fourth-order valence-corrected chi connectivity index (χ4v) is 3.83. The molecule has 1 amide bonds. The highest BCUT2D eigenvalue weighted by Gasteiger charge is 2.12. The Hall–Kier alpha value is -2.80. The summed E-state index contributed by atoms with van der Waals surface area (Å²) in [5, 5.41) is 11.5. The lowest BCUT2D eigenvalue weighted by Gasteiger charge is -2.10. The first-order chi connectivity index (χ1) is 14.5. The molecule has 1 heterocycles. The van der Waals surface area contributed by atoms with Gasteiger partial charge in [0.15, 0.2) is 0 Å². The Balaban J connectivity index is 1.45. The molecule has 0 aliphatic carbocycles. The maximum absolute atomic E-state index is 12.3. The van der Waals surface area contributed by atoms with Crippen LogP contribution in [0.1, 0.15) is 34.6 Å². The highest BCUT2D eigenvalue weighted by Crippen LogP contribution is 2.22. The zero-order valence-corrected chi connectivity index (χ0v) is 18.6. The zero-order chi connectivity index (χ0) is 21.5. The Morgan fingerprint density at radius 2 is 1.83 bits per heavy atom. The summed E-state index contributed by atoms with van der Waals surface area (Å²) in [7, 11) is 1.68. The smallest absolute Gasteiger partial charge is 0.277 e. The number of carbonyl (C=O) groups excluding carboxylic acids is 1. The second-order valence-corrected chi connectivity index (χ2v) is 8.15. The van der Waals surface area contributed by atoms with Crippen LogP contribution in [0.4, 0.5) is 5.69 Å². The van der Waals surface area contributed by atoms with Gasteiger partial charge in [-0.15, -0.1) is 10.2 Å². The number of aryl methyl sites for hydroxylation is 5. The number of nitrogens with one attached hydrogen (secondary N) is 1. The number of methoxy groups -OCH3 is 1. The minimum Gasteiger partial charge on any atom is -0.496 e. The predicted octanol–water partition coefficient (Wildman–Crippen LogP) is 4.91. The largest absolute Gasteiger partial charge is 0.496 e. The average molecular weight is 426 g/mol. The second kappa shape index (κ2) is 10.3. The molecular formula is C23H27N3O3S. The molecule has 0 aliphatic rings. The van der Waals surface area contributed by atoms with E-state index in [9.17, 15) is 4.79 Å². The molecule has 3 aromatic rings. The first kappa shape index (κ1) is 21.9. The summed E-state index contributed by atoms with van der Waals surface area (Å²) in [6.07, 6.45) is 2.53. The van der Waals surface area contributed by atoms with E-state index in [-0.39, 0.29) is 11.7 Å². The van der Waals surface area contributed by atoms with Gasteiger partial charge in [0, 0.05) is 12.1 Å². The molecule has 6 nitrogen and oxygen atoms in total. The molecule has 0 atom stereocenters. The van der Waals surface area contributed by atoms with Crippen molar-refractivity contribution in [1.82, 2.24) is 10.2 Å². The quantitative estimate of drug-likeness (QED) is 0.491. The van der Waals surface area contributed by atoms with Gasteiger partial charge in [-0.1, -0.05) is 42.1 Å². The van der Waals surface area contributed by atoms with Gasteiger partial charge in [0.1, 0.15) is 5.75 Å². The van der Waals surface area contributed by atoms with Crippen LogP contribution in [-0.4, -0.2) is 29.0 Å². The predicted molar refractivity (Wildman–Crippen MR) is 119 cm³/mol. The van der Waals surface area contributed by atoms with Gasteiger partial charge in [-0.25, -0.2) is 0 Å². The lowest BCUT2D eigenvalue weighted by Crippen LogP contribution is -2.15. The summed E-state index contributed by atoms with van der Waals surface area (Å²) in [4.78, 5) is 12.3. The molecule has 0 bridgehead atoms. The highest BCUT2D eigenvalue weighted by atomic mass is 32.2. The number of nitrogens with zero attached hydrogens (tertiary/aromatic N) is 2. The SMILES string of the molecule is COc1ccc(CCCc2nnc(SCC(=O)Nc3c(C)cccc3C)o2)cc1C. The maximum Gasteiger partial charge on any atom is 0.277 e. The van der Waals surface area contributed by atoms with Crippen LogP contribution in [0.25, 0.3) is 0 Å². The lowest BCUT2D eigenvalue weighted by atomic mass is 10.1. The Labute approximate surface area is 181 Å². The molecule has 158 valence electrons. The molecule has 1 N–H and O–H groups in total. The van der Waals surface area contributed by atoms with Crippen molar-refractivity contribution in [3.63, 3.8) is 0 Å². The third kappa shape index (κ3) is 5.86. The zero-order valence-electron chi connectivity index (χ0n) is 17.8. The summed E-state index contributed by atoms with van der Waals surface area (Å²) >= 11 is 1.25. The van der Waals surface area contributed by atoms with E-state index in [2.05, 4.69) is 27.6 Å². The van der Waals surface area contributed by atoms with Gasteiger partial charge in [-0.2, -0.15) is 0 Å². The molecule has 0 saturated carbocycles. The Morgan fingerprint density at radius 3 is 2.53 bits per heavy atom. The van der Waals surface area contributed by atoms with Gasteiger partial charge < -0.3 is 14.5 Å². The van der Waals surface area contributed by atoms with Crippen molar-refractivity contribution in [2.24, 2.45) is 0 Å². The fourth-order valence-electron chi connectivity index (χ4n) is 3.25. The van der Waals surface area contributed by atoms with Crippen LogP contribution in [0, 0.1) is 20.8 Å². The van der Waals surface area contributed by atoms with E-state index >= 15 is 0 Å². The molecule has 2 aromatic carbocycles. The van der Waals surface area contributed by atoms with Crippen LogP contribution in [0.2, 0.25) is 0 Å². The molecule has 0 saturated heterocycles. The molecule has 30 heavy (non-hydrogen) atoms. The average Bonchev–Trinajstić information content (AvgIpc) is 3.17. The topological polar surface area (TPSA) is 77.2 Å². The number of amides is 1. The van der Waals surface area contributed by atoms with E-state index in [0.29, 0.717) is 17.5 Å². The summed E-state index contributed by atoms with van der Waals surface area (Å²) in [6, 6.07) is 12.2. The third-order valence-electron chi connectivity index (χ3n) is 4.84. The molecule has 0 radical (unpaired) electrons. The number of aromatic nitrogens is 2. The van der Waals surface area contributed by atoms with E-state index in [0.717, 1.165) is 41.0 Å². The van der Waals surface area contributed by atoms with Crippen LogP contribution in [0.5, 0.6) is 5.75 Å².